The molecular weight excluding hydrogens is 322 g/mol. The number of pyridine rings is 1. The van der Waals surface area contributed by atoms with Gasteiger partial charge in [0.05, 0.1) is 18.8 Å². The third kappa shape index (κ3) is 4.27. The quantitative estimate of drug-likeness (QED) is 0.846. The van der Waals surface area contributed by atoms with Crippen LogP contribution in [-0.2, 0) is 11.3 Å². The van der Waals surface area contributed by atoms with Crippen LogP contribution < -0.4 is 5.32 Å². The minimum Gasteiger partial charge on any atom is -0.378 e. The molecule has 0 atom stereocenters. The summed E-state index contributed by atoms with van der Waals surface area (Å²) < 4.78 is 5.27. The van der Waals surface area contributed by atoms with Crippen molar-refractivity contribution in [1.82, 2.24) is 9.88 Å². The van der Waals surface area contributed by atoms with Crippen molar-refractivity contribution in [3.8, 4) is 0 Å². The maximum absolute atomic E-state index is 12.4. The monoisotopic (exact) mass is 343 g/mol. The summed E-state index contributed by atoms with van der Waals surface area (Å²) in [6.07, 6.45) is 3.71. The Morgan fingerprint density at radius 1 is 1.29 bits per heavy atom. The summed E-state index contributed by atoms with van der Waals surface area (Å²) >= 11 is 1.73. The van der Waals surface area contributed by atoms with Crippen LogP contribution in [0.2, 0.25) is 0 Å². The lowest BCUT2D eigenvalue weighted by Gasteiger charge is -2.26. The van der Waals surface area contributed by atoms with Crippen LogP contribution in [0, 0.1) is 0 Å². The number of carbonyl (C=O) groups is 1. The van der Waals surface area contributed by atoms with Crippen LogP contribution in [0.5, 0.6) is 0 Å². The smallest absolute Gasteiger partial charge is 0.255 e. The number of thioether (sulfide) groups is 1. The lowest BCUT2D eigenvalue weighted by Crippen LogP contribution is -2.40. The minimum atomic E-state index is 0.0185. The van der Waals surface area contributed by atoms with Crippen molar-refractivity contribution in [1.29, 1.82) is 0 Å². The van der Waals surface area contributed by atoms with Crippen molar-refractivity contribution in [2.45, 2.75) is 11.4 Å². The fourth-order valence-corrected chi connectivity index (χ4v) is 3.03. The number of benzene rings is 1. The number of amides is 1. The Hall–Kier alpha value is -2.05. The van der Waals surface area contributed by atoms with Crippen LogP contribution in [0.1, 0.15) is 15.9 Å². The molecule has 5 nitrogen and oxygen atoms in total. The number of nitrogens with one attached hydrogen (secondary N) is 1. The number of anilines is 1. The van der Waals surface area contributed by atoms with Gasteiger partial charge in [-0.05, 0) is 36.1 Å². The zero-order chi connectivity index (χ0) is 16.8. The van der Waals surface area contributed by atoms with Crippen molar-refractivity contribution in [2.24, 2.45) is 0 Å². The van der Waals surface area contributed by atoms with E-state index in [0.717, 1.165) is 5.82 Å². The Balaban J connectivity index is 1.58. The van der Waals surface area contributed by atoms with Gasteiger partial charge in [-0.15, -0.1) is 11.8 Å². The van der Waals surface area contributed by atoms with E-state index in [-0.39, 0.29) is 5.91 Å². The summed E-state index contributed by atoms with van der Waals surface area (Å²) in [4.78, 5) is 19.8. The average molecular weight is 343 g/mol. The largest absolute Gasteiger partial charge is 0.378 e. The van der Waals surface area contributed by atoms with Gasteiger partial charge in [0.25, 0.3) is 5.91 Å². The average Bonchev–Trinajstić information content (AvgIpc) is 2.67. The molecule has 0 unspecified atom stereocenters. The highest BCUT2D eigenvalue weighted by atomic mass is 32.2. The number of carbonyl (C=O) groups excluding carboxylic acids is 1. The molecule has 0 aliphatic carbocycles. The summed E-state index contributed by atoms with van der Waals surface area (Å²) in [5, 5.41) is 3.29. The lowest BCUT2D eigenvalue weighted by atomic mass is 10.2. The van der Waals surface area contributed by atoms with E-state index >= 15 is 0 Å². The molecule has 0 radical (unpaired) electrons. The van der Waals surface area contributed by atoms with E-state index in [4.69, 9.17) is 4.74 Å². The molecule has 2 heterocycles. The van der Waals surface area contributed by atoms with Gasteiger partial charge in [0.2, 0.25) is 0 Å². The van der Waals surface area contributed by atoms with Gasteiger partial charge in [-0.1, -0.05) is 12.1 Å². The molecule has 0 saturated carbocycles. The molecular formula is C18H21N3O2S. The second kappa shape index (κ2) is 8.17. The Morgan fingerprint density at radius 2 is 2.12 bits per heavy atom. The third-order valence-electron chi connectivity index (χ3n) is 3.92. The predicted molar refractivity (Wildman–Crippen MR) is 96.5 cm³/mol. The summed E-state index contributed by atoms with van der Waals surface area (Å²) in [6, 6.07) is 12.1. The molecule has 6 heteroatoms. The van der Waals surface area contributed by atoms with Crippen molar-refractivity contribution in [2.75, 3.05) is 37.9 Å². The normalized spacial score (nSPS) is 14.5. The summed E-state index contributed by atoms with van der Waals surface area (Å²) in [7, 11) is 0. The molecule has 1 aliphatic rings. The summed E-state index contributed by atoms with van der Waals surface area (Å²) in [5.74, 6) is 0.785. The van der Waals surface area contributed by atoms with Gasteiger partial charge in [0, 0.05) is 30.7 Å². The maximum Gasteiger partial charge on any atom is 0.255 e. The van der Waals surface area contributed by atoms with Gasteiger partial charge in [0.15, 0.2) is 0 Å². The number of hydrogen-bond acceptors (Lipinski definition) is 5. The Kier molecular flexibility index (Phi) is 5.72. The van der Waals surface area contributed by atoms with Crippen LogP contribution in [0.15, 0.2) is 47.5 Å². The zero-order valence-electron chi connectivity index (χ0n) is 13.7. The SMILES string of the molecule is CSc1cccc(CNc2ccc(C(=O)N3CCOCC3)cn2)c1. The van der Waals surface area contributed by atoms with E-state index in [1.165, 1.54) is 10.5 Å². The molecule has 1 fully saturated rings. The molecule has 1 amide bonds. The number of morpholine rings is 1. The van der Waals surface area contributed by atoms with E-state index in [2.05, 4.69) is 40.8 Å². The second-order valence-corrected chi connectivity index (χ2v) is 6.42. The van der Waals surface area contributed by atoms with Crippen LogP contribution in [0.4, 0.5) is 5.82 Å². The lowest BCUT2D eigenvalue weighted by molar-refractivity contribution is 0.0302. The number of hydrogen-bond donors (Lipinski definition) is 1. The minimum absolute atomic E-state index is 0.0185. The molecule has 0 spiro atoms. The summed E-state index contributed by atoms with van der Waals surface area (Å²) in [5.41, 5.74) is 1.82. The fraction of sp³-hybridized carbons (Fsp3) is 0.333. The van der Waals surface area contributed by atoms with Gasteiger partial charge >= 0.3 is 0 Å². The van der Waals surface area contributed by atoms with E-state index in [0.29, 0.717) is 38.4 Å². The first-order valence-corrected chi connectivity index (χ1v) is 9.18. The molecule has 3 rings (SSSR count). The number of rotatable bonds is 5. The van der Waals surface area contributed by atoms with E-state index < -0.39 is 0 Å². The second-order valence-electron chi connectivity index (χ2n) is 5.54. The van der Waals surface area contributed by atoms with E-state index in [9.17, 15) is 4.79 Å². The van der Waals surface area contributed by atoms with Gasteiger partial charge in [0.1, 0.15) is 5.82 Å². The van der Waals surface area contributed by atoms with E-state index in [1.807, 2.05) is 17.0 Å². The molecule has 1 saturated heterocycles. The molecule has 1 aromatic heterocycles. The van der Waals surface area contributed by atoms with Crippen LogP contribution in [0.25, 0.3) is 0 Å². The zero-order valence-corrected chi connectivity index (χ0v) is 14.5. The highest BCUT2D eigenvalue weighted by Crippen LogP contribution is 2.17. The van der Waals surface area contributed by atoms with Crippen LogP contribution in [0.3, 0.4) is 0 Å². The van der Waals surface area contributed by atoms with Crippen molar-refractivity contribution < 1.29 is 9.53 Å². The summed E-state index contributed by atoms with van der Waals surface area (Å²) in [6.45, 7) is 3.20. The number of nitrogens with zero attached hydrogens (tertiary/aromatic N) is 2. The van der Waals surface area contributed by atoms with Gasteiger partial charge < -0.3 is 15.0 Å². The van der Waals surface area contributed by atoms with Crippen molar-refractivity contribution >= 4 is 23.5 Å². The predicted octanol–water partition coefficient (Wildman–Crippen LogP) is 2.89. The Labute approximate surface area is 146 Å². The van der Waals surface area contributed by atoms with Gasteiger partial charge in [-0.2, -0.15) is 0 Å². The van der Waals surface area contributed by atoms with Gasteiger partial charge in [-0.25, -0.2) is 4.98 Å². The fourth-order valence-electron chi connectivity index (χ4n) is 2.55. The Bertz CT molecular complexity index is 685. The van der Waals surface area contributed by atoms with Crippen LogP contribution in [-0.4, -0.2) is 48.4 Å². The molecule has 0 bridgehead atoms. The highest BCUT2D eigenvalue weighted by Gasteiger charge is 2.18. The highest BCUT2D eigenvalue weighted by molar-refractivity contribution is 7.98. The van der Waals surface area contributed by atoms with Gasteiger partial charge in [-0.3, -0.25) is 4.79 Å². The first-order chi connectivity index (χ1) is 11.8. The molecule has 2 aromatic rings. The van der Waals surface area contributed by atoms with Crippen LogP contribution >= 0.6 is 11.8 Å². The van der Waals surface area contributed by atoms with Crippen molar-refractivity contribution in [3.63, 3.8) is 0 Å². The standard InChI is InChI=1S/C18H21N3O2S/c1-24-16-4-2-3-14(11-16)12-19-17-6-5-15(13-20-17)18(22)21-7-9-23-10-8-21/h2-6,11,13H,7-10,12H2,1H3,(H,19,20). The third-order valence-corrected chi connectivity index (χ3v) is 4.64. The van der Waals surface area contributed by atoms with E-state index in [1.54, 1.807) is 18.0 Å². The Morgan fingerprint density at radius 3 is 2.83 bits per heavy atom. The topological polar surface area (TPSA) is 54.5 Å². The van der Waals surface area contributed by atoms with Crippen molar-refractivity contribution in [3.05, 3.63) is 53.7 Å². The number of aromatic nitrogens is 1. The molecule has 24 heavy (non-hydrogen) atoms. The number of ether oxygens (including phenoxy) is 1. The molecule has 1 aliphatic heterocycles. The molecule has 1 N–H and O–H groups in total. The maximum atomic E-state index is 12.4. The first-order valence-electron chi connectivity index (χ1n) is 7.96. The first kappa shape index (κ1) is 16.8. The molecule has 1 aromatic carbocycles. The molecule has 126 valence electrons.